The molecule has 1 heterocycles. The molecule has 0 atom stereocenters. The summed E-state index contributed by atoms with van der Waals surface area (Å²) in [6.45, 7) is 7.15. The van der Waals surface area contributed by atoms with Crippen molar-refractivity contribution >= 4 is 0 Å². The first-order chi connectivity index (χ1) is 7.78. The first-order valence-electron chi connectivity index (χ1n) is 7.20. The van der Waals surface area contributed by atoms with Gasteiger partial charge in [-0.05, 0) is 56.7 Å². The monoisotopic (exact) mass is 224 g/mol. The fourth-order valence-electron chi connectivity index (χ4n) is 3.58. The fraction of sp³-hybridized carbons (Fsp3) is 1.00. The van der Waals surface area contributed by atoms with Gasteiger partial charge in [-0.25, -0.2) is 0 Å². The van der Waals surface area contributed by atoms with E-state index in [1.165, 1.54) is 64.6 Å². The highest BCUT2D eigenvalue weighted by Gasteiger charge is 2.34. The van der Waals surface area contributed by atoms with E-state index in [0.717, 1.165) is 12.5 Å². The second kappa shape index (κ2) is 5.50. The second-order valence-corrected chi connectivity index (χ2v) is 6.04. The minimum Gasteiger partial charge on any atom is -0.330 e. The average Bonchev–Trinajstić information content (AvgIpc) is 2.79. The van der Waals surface area contributed by atoms with Crippen LogP contribution in [-0.2, 0) is 0 Å². The lowest BCUT2D eigenvalue weighted by Crippen LogP contribution is -2.44. The highest BCUT2D eigenvalue weighted by Crippen LogP contribution is 2.38. The molecule has 2 rings (SSSR count). The predicted molar refractivity (Wildman–Crippen MR) is 69.4 cm³/mol. The number of nitrogens with zero attached hydrogens (tertiary/aromatic N) is 1. The Morgan fingerprint density at radius 3 is 2.31 bits per heavy atom. The van der Waals surface area contributed by atoms with Crippen LogP contribution in [0.25, 0.3) is 0 Å². The van der Waals surface area contributed by atoms with Gasteiger partial charge >= 0.3 is 0 Å². The van der Waals surface area contributed by atoms with E-state index in [1.807, 2.05) is 0 Å². The molecule has 2 heteroatoms. The van der Waals surface area contributed by atoms with E-state index < -0.39 is 0 Å². The Morgan fingerprint density at radius 1 is 1.19 bits per heavy atom. The summed E-state index contributed by atoms with van der Waals surface area (Å²) in [5, 5.41) is 0. The van der Waals surface area contributed by atoms with E-state index in [9.17, 15) is 0 Å². The van der Waals surface area contributed by atoms with Gasteiger partial charge in [-0.2, -0.15) is 0 Å². The molecule has 0 aromatic carbocycles. The maximum absolute atomic E-state index is 6.01. The minimum atomic E-state index is 0.485. The maximum atomic E-state index is 6.01. The Labute approximate surface area is 101 Å². The molecule has 0 aromatic rings. The van der Waals surface area contributed by atoms with Gasteiger partial charge in [0.2, 0.25) is 0 Å². The highest BCUT2D eigenvalue weighted by atomic mass is 15.1. The van der Waals surface area contributed by atoms with E-state index in [0.29, 0.717) is 5.41 Å². The van der Waals surface area contributed by atoms with Gasteiger partial charge in [-0.1, -0.05) is 26.2 Å². The zero-order valence-corrected chi connectivity index (χ0v) is 10.9. The minimum absolute atomic E-state index is 0.485. The predicted octanol–water partition coefficient (Wildman–Crippen LogP) is 2.63. The van der Waals surface area contributed by atoms with Crippen molar-refractivity contribution in [2.75, 3.05) is 26.2 Å². The van der Waals surface area contributed by atoms with Gasteiger partial charge in [0.25, 0.3) is 0 Å². The van der Waals surface area contributed by atoms with Crippen LogP contribution >= 0.6 is 0 Å². The molecular weight excluding hydrogens is 196 g/mol. The van der Waals surface area contributed by atoms with Crippen LogP contribution in [0, 0.1) is 11.3 Å². The van der Waals surface area contributed by atoms with Crippen molar-refractivity contribution < 1.29 is 0 Å². The van der Waals surface area contributed by atoms with Gasteiger partial charge in [0.05, 0.1) is 0 Å². The van der Waals surface area contributed by atoms with Crippen molar-refractivity contribution in [3.8, 4) is 0 Å². The molecule has 2 aliphatic rings. The zero-order chi connectivity index (χ0) is 11.4. The Morgan fingerprint density at radius 2 is 1.81 bits per heavy atom. The zero-order valence-electron chi connectivity index (χ0n) is 10.9. The number of nitrogens with two attached hydrogens (primary N) is 1. The summed E-state index contributed by atoms with van der Waals surface area (Å²) in [7, 11) is 0. The number of rotatable bonds is 4. The smallest absolute Gasteiger partial charge is 0.00501 e. The molecule has 1 saturated carbocycles. The summed E-state index contributed by atoms with van der Waals surface area (Å²) < 4.78 is 0. The first-order valence-corrected chi connectivity index (χ1v) is 7.20. The van der Waals surface area contributed by atoms with Crippen molar-refractivity contribution in [2.45, 2.75) is 51.9 Å². The van der Waals surface area contributed by atoms with Gasteiger partial charge < -0.3 is 10.6 Å². The lowest BCUT2D eigenvalue weighted by Gasteiger charge is -2.38. The third-order valence-electron chi connectivity index (χ3n) is 4.94. The van der Waals surface area contributed by atoms with Gasteiger partial charge in [0.15, 0.2) is 0 Å². The standard InChI is InChI=1S/C14H28N2/c1-2-13-5-9-16(10-6-13)12-14(11-15)7-3-4-8-14/h13H,2-12,15H2,1H3. The summed E-state index contributed by atoms with van der Waals surface area (Å²) in [6, 6.07) is 0. The third kappa shape index (κ3) is 2.78. The molecule has 1 aliphatic carbocycles. The Kier molecular flexibility index (Phi) is 4.26. The molecule has 0 unspecified atom stereocenters. The summed E-state index contributed by atoms with van der Waals surface area (Å²) in [6.07, 6.45) is 9.75. The van der Waals surface area contributed by atoms with Crippen molar-refractivity contribution in [2.24, 2.45) is 17.1 Å². The molecule has 1 aliphatic heterocycles. The Balaban J connectivity index is 1.81. The topological polar surface area (TPSA) is 29.3 Å². The van der Waals surface area contributed by atoms with Gasteiger partial charge in [-0.3, -0.25) is 0 Å². The Bertz CT molecular complexity index is 201. The molecular formula is C14H28N2. The third-order valence-corrected chi connectivity index (χ3v) is 4.94. The normalized spacial score (nSPS) is 27.4. The van der Waals surface area contributed by atoms with Gasteiger partial charge in [-0.15, -0.1) is 0 Å². The van der Waals surface area contributed by atoms with Crippen LogP contribution in [-0.4, -0.2) is 31.1 Å². The van der Waals surface area contributed by atoms with Crippen LogP contribution in [0.2, 0.25) is 0 Å². The number of likely N-dealkylation sites (tertiary alicyclic amines) is 1. The lowest BCUT2D eigenvalue weighted by atomic mass is 9.84. The van der Waals surface area contributed by atoms with Crippen molar-refractivity contribution in [3.63, 3.8) is 0 Å². The molecule has 0 radical (unpaired) electrons. The van der Waals surface area contributed by atoms with Crippen molar-refractivity contribution in [1.29, 1.82) is 0 Å². The van der Waals surface area contributed by atoms with E-state index in [4.69, 9.17) is 5.73 Å². The fourth-order valence-corrected chi connectivity index (χ4v) is 3.58. The van der Waals surface area contributed by atoms with E-state index >= 15 is 0 Å². The maximum Gasteiger partial charge on any atom is 0.00501 e. The SMILES string of the molecule is CCC1CCN(CC2(CN)CCCC2)CC1. The van der Waals surface area contributed by atoms with Crippen LogP contribution in [0.4, 0.5) is 0 Å². The summed E-state index contributed by atoms with van der Waals surface area (Å²) in [5.74, 6) is 0.994. The molecule has 1 saturated heterocycles. The number of hydrogen-bond acceptors (Lipinski definition) is 2. The molecule has 0 amide bonds. The summed E-state index contributed by atoms with van der Waals surface area (Å²) in [5.41, 5.74) is 6.50. The van der Waals surface area contributed by atoms with Gasteiger partial charge in [0, 0.05) is 6.54 Å². The molecule has 0 bridgehead atoms. The number of piperidine rings is 1. The second-order valence-electron chi connectivity index (χ2n) is 6.04. The molecule has 2 N–H and O–H groups in total. The van der Waals surface area contributed by atoms with E-state index in [2.05, 4.69) is 11.8 Å². The van der Waals surface area contributed by atoms with Crippen LogP contribution < -0.4 is 5.73 Å². The van der Waals surface area contributed by atoms with Crippen molar-refractivity contribution in [1.82, 2.24) is 4.90 Å². The molecule has 0 spiro atoms. The van der Waals surface area contributed by atoms with E-state index in [1.54, 1.807) is 0 Å². The first kappa shape index (κ1) is 12.4. The molecule has 94 valence electrons. The average molecular weight is 224 g/mol. The largest absolute Gasteiger partial charge is 0.330 e. The highest BCUT2D eigenvalue weighted by molar-refractivity contribution is 4.89. The van der Waals surface area contributed by atoms with Gasteiger partial charge in [0.1, 0.15) is 0 Å². The van der Waals surface area contributed by atoms with Crippen LogP contribution in [0.15, 0.2) is 0 Å². The number of hydrogen-bond donors (Lipinski definition) is 1. The molecule has 2 fully saturated rings. The lowest BCUT2D eigenvalue weighted by molar-refractivity contribution is 0.115. The quantitative estimate of drug-likeness (QED) is 0.795. The van der Waals surface area contributed by atoms with Crippen LogP contribution in [0.1, 0.15) is 51.9 Å². The summed E-state index contributed by atoms with van der Waals surface area (Å²) >= 11 is 0. The Hall–Kier alpha value is -0.0800. The van der Waals surface area contributed by atoms with Crippen molar-refractivity contribution in [3.05, 3.63) is 0 Å². The van der Waals surface area contributed by atoms with Crippen LogP contribution in [0.5, 0.6) is 0 Å². The summed E-state index contributed by atoms with van der Waals surface area (Å²) in [4.78, 5) is 2.68. The van der Waals surface area contributed by atoms with E-state index in [-0.39, 0.29) is 0 Å². The molecule has 0 aromatic heterocycles. The molecule has 16 heavy (non-hydrogen) atoms. The van der Waals surface area contributed by atoms with Crippen LogP contribution in [0.3, 0.4) is 0 Å². The molecule has 2 nitrogen and oxygen atoms in total.